The van der Waals surface area contributed by atoms with Crippen molar-refractivity contribution >= 4 is 39.8 Å². The molecular formula is C23H17ClFN7. The highest BCUT2D eigenvalue weighted by Gasteiger charge is 2.25. The van der Waals surface area contributed by atoms with Crippen molar-refractivity contribution in [3.63, 3.8) is 0 Å². The van der Waals surface area contributed by atoms with Crippen LogP contribution in [0, 0.1) is 5.82 Å². The summed E-state index contributed by atoms with van der Waals surface area (Å²) < 4.78 is 16.3. The topological polar surface area (TPSA) is 72.1 Å². The van der Waals surface area contributed by atoms with Crippen molar-refractivity contribution in [3.8, 4) is 11.3 Å². The predicted molar refractivity (Wildman–Crippen MR) is 121 cm³/mol. The first-order valence-electron chi connectivity index (χ1n) is 10.2. The zero-order valence-corrected chi connectivity index (χ0v) is 17.8. The zero-order valence-electron chi connectivity index (χ0n) is 17.1. The van der Waals surface area contributed by atoms with Crippen LogP contribution >= 0.6 is 11.6 Å². The van der Waals surface area contributed by atoms with Gasteiger partial charge in [-0.2, -0.15) is 4.98 Å². The number of halogens is 2. The second kappa shape index (κ2) is 7.20. The Morgan fingerprint density at radius 3 is 2.69 bits per heavy atom. The number of benzene rings is 2. The van der Waals surface area contributed by atoms with Crippen LogP contribution in [0.4, 0.5) is 15.9 Å². The van der Waals surface area contributed by atoms with Gasteiger partial charge in [0.2, 0.25) is 5.28 Å². The molecule has 6 rings (SSSR count). The lowest BCUT2D eigenvalue weighted by Crippen LogP contribution is -2.13. The molecule has 32 heavy (non-hydrogen) atoms. The van der Waals surface area contributed by atoms with Crippen LogP contribution in [-0.2, 0) is 0 Å². The molecular weight excluding hydrogens is 429 g/mol. The summed E-state index contributed by atoms with van der Waals surface area (Å²) in [5, 5.41) is 9.07. The van der Waals surface area contributed by atoms with Crippen LogP contribution in [-0.4, -0.2) is 36.6 Å². The average Bonchev–Trinajstić information content (AvgIpc) is 3.60. The molecule has 1 aliphatic carbocycles. The first-order chi connectivity index (χ1) is 15.6. The Morgan fingerprint density at radius 1 is 1.06 bits per heavy atom. The summed E-state index contributed by atoms with van der Waals surface area (Å²) in [6.45, 7) is 0. The molecule has 0 bridgehead atoms. The maximum atomic E-state index is 14.6. The van der Waals surface area contributed by atoms with Gasteiger partial charge >= 0.3 is 0 Å². The fourth-order valence-electron chi connectivity index (χ4n) is 3.92. The van der Waals surface area contributed by atoms with Crippen molar-refractivity contribution in [2.24, 2.45) is 0 Å². The Bertz CT molecular complexity index is 1480. The van der Waals surface area contributed by atoms with E-state index < -0.39 is 0 Å². The maximum absolute atomic E-state index is 14.6. The molecule has 0 unspecified atom stereocenters. The van der Waals surface area contributed by atoms with Gasteiger partial charge < -0.3 is 4.90 Å². The average molecular weight is 446 g/mol. The number of rotatable bonds is 4. The third-order valence-corrected chi connectivity index (χ3v) is 5.99. The van der Waals surface area contributed by atoms with E-state index in [1.807, 2.05) is 42.3 Å². The molecule has 5 aromatic rings. The Balaban J connectivity index is 1.46. The van der Waals surface area contributed by atoms with Crippen LogP contribution in [0.3, 0.4) is 0 Å². The van der Waals surface area contributed by atoms with E-state index in [1.54, 1.807) is 16.8 Å². The van der Waals surface area contributed by atoms with Crippen molar-refractivity contribution in [1.29, 1.82) is 0 Å². The zero-order chi connectivity index (χ0) is 21.8. The highest BCUT2D eigenvalue weighted by atomic mass is 35.5. The molecule has 1 aliphatic rings. The molecule has 0 atom stereocenters. The molecule has 1 saturated carbocycles. The first-order valence-corrected chi connectivity index (χ1v) is 10.6. The van der Waals surface area contributed by atoms with Crippen molar-refractivity contribution in [3.05, 3.63) is 71.7 Å². The minimum atomic E-state index is -0.367. The normalized spacial score (nSPS) is 13.7. The molecule has 3 heterocycles. The van der Waals surface area contributed by atoms with Gasteiger partial charge in [-0.3, -0.25) is 9.97 Å². The van der Waals surface area contributed by atoms with Crippen LogP contribution in [0.15, 0.2) is 54.9 Å². The van der Waals surface area contributed by atoms with Crippen molar-refractivity contribution in [2.75, 3.05) is 11.9 Å². The van der Waals surface area contributed by atoms with E-state index in [1.165, 1.54) is 12.1 Å². The minimum absolute atomic E-state index is 0.235. The van der Waals surface area contributed by atoms with Crippen molar-refractivity contribution in [2.45, 2.75) is 18.8 Å². The Kier molecular flexibility index (Phi) is 4.29. The molecule has 0 radical (unpaired) electrons. The summed E-state index contributed by atoms with van der Waals surface area (Å²) in [5.74, 6) is 1.14. The second-order valence-corrected chi connectivity index (χ2v) is 8.25. The Labute approximate surface area is 187 Å². The number of fused-ring (bicyclic) bond motifs is 3. The van der Waals surface area contributed by atoms with Gasteiger partial charge in [0.05, 0.1) is 23.1 Å². The molecule has 3 aromatic heterocycles. The SMILES string of the molecule is CN(c1cc(F)cc(-c2cnc(C3CC3)cn2)c1)c1nc2nnc(Cl)n2c2ccccc12. The fourth-order valence-corrected chi connectivity index (χ4v) is 4.13. The fraction of sp³-hybridized carbons (Fsp3) is 0.174. The van der Waals surface area contributed by atoms with Crippen LogP contribution in [0.25, 0.3) is 27.9 Å². The number of hydrogen-bond acceptors (Lipinski definition) is 6. The van der Waals surface area contributed by atoms with Gasteiger partial charge in [-0.1, -0.05) is 12.1 Å². The van der Waals surface area contributed by atoms with Gasteiger partial charge in [0.15, 0.2) is 0 Å². The highest BCUT2D eigenvalue weighted by Crippen LogP contribution is 2.39. The molecule has 2 aromatic carbocycles. The molecule has 0 amide bonds. The minimum Gasteiger partial charge on any atom is -0.329 e. The lowest BCUT2D eigenvalue weighted by molar-refractivity contribution is 0.628. The van der Waals surface area contributed by atoms with E-state index in [9.17, 15) is 4.39 Å². The Hall–Kier alpha value is -3.65. The second-order valence-electron chi connectivity index (χ2n) is 7.91. The number of anilines is 2. The van der Waals surface area contributed by atoms with Gasteiger partial charge in [0.1, 0.15) is 11.6 Å². The molecule has 9 heteroatoms. The highest BCUT2D eigenvalue weighted by molar-refractivity contribution is 6.29. The van der Waals surface area contributed by atoms with Crippen LogP contribution in [0.5, 0.6) is 0 Å². The summed E-state index contributed by atoms with van der Waals surface area (Å²) in [6, 6.07) is 12.5. The van der Waals surface area contributed by atoms with Crippen molar-refractivity contribution < 1.29 is 4.39 Å². The summed E-state index contributed by atoms with van der Waals surface area (Å²) in [6.07, 6.45) is 5.82. The van der Waals surface area contributed by atoms with Gasteiger partial charge in [0.25, 0.3) is 5.78 Å². The summed E-state index contributed by atoms with van der Waals surface area (Å²) >= 11 is 6.22. The van der Waals surface area contributed by atoms with Gasteiger partial charge in [0, 0.05) is 35.8 Å². The van der Waals surface area contributed by atoms with Crippen LogP contribution < -0.4 is 4.90 Å². The van der Waals surface area contributed by atoms with Crippen molar-refractivity contribution in [1.82, 2.24) is 29.5 Å². The molecule has 1 fully saturated rings. The van der Waals surface area contributed by atoms with Gasteiger partial charge in [-0.05, 0) is 54.8 Å². The quantitative estimate of drug-likeness (QED) is 0.380. The Morgan fingerprint density at radius 2 is 1.91 bits per heavy atom. The predicted octanol–water partition coefficient (Wildman–Crippen LogP) is 5.17. The number of hydrogen-bond donors (Lipinski definition) is 0. The smallest absolute Gasteiger partial charge is 0.258 e. The monoisotopic (exact) mass is 445 g/mol. The van der Waals surface area contributed by atoms with Crippen LogP contribution in [0.1, 0.15) is 24.5 Å². The molecule has 0 N–H and O–H groups in total. The molecule has 0 saturated heterocycles. The lowest BCUT2D eigenvalue weighted by Gasteiger charge is -2.21. The summed E-state index contributed by atoms with van der Waals surface area (Å²) in [4.78, 5) is 15.5. The number of nitrogens with zero attached hydrogens (tertiary/aromatic N) is 7. The first kappa shape index (κ1) is 19.1. The van der Waals surface area contributed by atoms with Gasteiger partial charge in [-0.15, -0.1) is 10.2 Å². The lowest BCUT2D eigenvalue weighted by atomic mass is 10.1. The maximum Gasteiger partial charge on any atom is 0.258 e. The summed E-state index contributed by atoms with van der Waals surface area (Å²) in [5.41, 5.74) is 3.71. The third-order valence-electron chi connectivity index (χ3n) is 5.75. The molecule has 0 aliphatic heterocycles. The van der Waals surface area contributed by atoms with E-state index in [-0.39, 0.29) is 11.1 Å². The molecule has 7 nitrogen and oxygen atoms in total. The number of aromatic nitrogens is 6. The third kappa shape index (κ3) is 3.15. The molecule has 158 valence electrons. The number of para-hydroxylation sites is 1. The van der Waals surface area contributed by atoms with E-state index in [0.29, 0.717) is 34.5 Å². The van der Waals surface area contributed by atoms with E-state index in [0.717, 1.165) is 29.4 Å². The van der Waals surface area contributed by atoms with Crippen LogP contribution in [0.2, 0.25) is 5.28 Å². The van der Waals surface area contributed by atoms with E-state index in [2.05, 4.69) is 25.1 Å². The van der Waals surface area contributed by atoms with E-state index in [4.69, 9.17) is 11.6 Å². The molecule has 0 spiro atoms. The summed E-state index contributed by atoms with van der Waals surface area (Å²) in [7, 11) is 1.84. The standard InChI is InChI=1S/C23H17ClFN7/c1-31(21-17-4-2-3-5-20(17)32-22(24)29-30-23(32)28-21)16-9-14(8-15(25)10-16)19-12-26-18(11-27-19)13-6-7-13/h2-5,8-13H,6-7H2,1H3. The van der Waals surface area contributed by atoms with Gasteiger partial charge in [-0.25, -0.2) is 8.79 Å². The largest absolute Gasteiger partial charge is 0.329 e. The van der Waals surface area contributed by atoms with E-state index >= 15 is 0 Å².